The van der Waals surface area contributed by atoms with E-state index in [1.807, 2.05) is 30.3 Å². The van der Waals surface area contributed by atoms with Crippen molar-refractivity contribution in [3.63, 3.8) is 0 Å². The molecule has 3 heterocycles. The van der Waals surface area contributed by atoms with Crippen molar-refractivity contribution in [2.75, 3.05) is 55.0 Å². The maximum atomic E-state index is 12.0. The summed E-state index contributed by atoms with van der Waals surface area (Å²) in [6.45, 7) is 8.06. The normalized spacial score (nSPS) is 17.8. The van der Waals surface area contributed by atoms with E-state index in [1.54, 1.807) is 6.07 Å². The van der Waals surface area contributed by atoms with E-state index in [-0.39, 0.29) is 18.5 Å². The van der Waals surface area contributed by atoms with Gasteiger partial charge in [0.2, 0.25) is 5.95 Å². The Morgan fingerprint density at radius 3 is 2.78 bits per heavy atom. The fourth-order valence-corrected chi connectivity index (χ4v) is 6.10. The molecule has 0 bridgehead atoms. The van der Waals surface area contributed by atoms with Gasteiger partial charge in [0.05, 0.1) is 11.1 Å². The number of hydrogen-bond acceptors (Lipinski definition) is 8. The van der Waals surface area contributed by atoms with E-state index in [2.05, 4.69) is 49.8 Å². The predicted octanol–water partition coefficient (Wildman–Crippen LogP) is 5.18. The molecule has 3 aromatic rings. The van der Waals surface area contributed by atoms with Crippen molar-refractivity contribution in [1.29, 1.82) is 0 Å². The summed E-state index contributed by atoms with van der Waals surface area (Å²) in [4.78, 5) is 25.1. The molecule has 2 N–H and O–H groups in total. The largest absolute Gasteiger partial charge is 0.363 e. The first-order valence-electron chi connectivity index (χ1n) is 12.0. The summed E-state index contributed by atoms with van der Waals surface area (Å²) in [5.41, 5.74) is 2.22. The Bertz CT molecular complexity index is 1270. The average Bonchev–Trinajstić information content (AvgIpc) is 3.34. The predicted molar refractivity (Wildman–Crippen MR) is 148 cm³/mol. The molecule has 36 heavy (non-hydrogen) atoms. The van der Waals surface area contributed by atoms with Crippen LogP contribution in [-0.4, -0.2) is 65.3 Å². The molecular formula is C25H29ClN7O2P. The first-order chi connectivity index (χ1) is 17.4. The van der Waals surface area contributed by atoms with E-state index in [4.69, 9.17) is 11.6 Å². The van der Waals surface area contributed by atoms with Gasteiger partial charge in [-0.15, -0.1) is 0 Å². The third-order valence-electron chi connectivity index (χ3n) is 6.74. The number of fused-ring (bicyclic) bond motifs is 1. The van der Waals surface area contributed by atoms with Gasteiger partial charge in [0.15, 0.2) is 5.82 Å². The van der Waals surface area contributed by atoms with Crippen LogP contribution >= 0.6 is 19.5 Å². The van der Waals surface area contributed by atoms with Crippen LogP contribution in [0, 0.1) is 10.1 Å². The van der Waals surface area contributed by atoms with Gasteiger partial charge in [-0.1, -0.05) is 37.7 Å². The third kappa shape index (κ3) is 5.24. The second kappa shape index (κ2) is 10.5. The van der Waals surface area contributed by atoms with Crippen LogP contribution in [0.3, 0.4) is 0 Å². The van der Waals surface area contributed by atoms with Gasteiger partial charge in [-0.2, -0.15) is 4.98 Å². The van der Waals surface area contributed by atoms with Crippen LogP contribution in [0.4, 0.5) is 34.5 Å². The van der Waals surface area contributed by atoms with Gasteiger partial charge in [-0.25, -0.2) is 4.98 Å². The molecule has 11 heteroatoms. The number of benzene rings is 2. The van der Waals surface area contributed by atoms with Crippen LogP contribution in [0.25, 0.3) is 0 Å². The summed E-state index contributed by atoms with van der Waals surface area (Å²) in [5, 5.41) is 20.0. The molecule has 2 saturated heterocycles. The minimum atomic E-state index is -0.327. The summed E-state index contributed by atoms with van der Waals surface area (Å²) < 4.78 is 0. The number of anilines is 5. The van der Waals surface area contributed by atoms with Gasteiger partial charge in [0.25, 0.3) is 5.69 Å². The summed E-state index contributed by atoms with van der Waals surface area (Å²) >= 11 is 6.38. The molecule has 0 unspecified atom stereocenters. The maximum absolute atomic E-state index is 12.0. The van der Waals surface area contributed by atoms with Crippen LogP contribution in [0.2, 0.25) is 5.02 Å². The van der Waals surface area contributed by atoms with Crippen LogP contribution in [0.1, 0.15) is 12.8 Å². The Balaban J connectivity index is 1.37. The number of para-hydroxylation sites is 1. The summed E-state index contributed by atoms with van der Waals surface area (Å²) in [6, 6.07) is 13.8. The molecule has 2 aliphatic heterocycles. The van der Waals surface area contributed by atoms with E-state index >= 15 is 0 Å². The van der Waals surface area contributed by atoms with E-state index in [1.165, 1.54) is 17.9 Å². The van der Waals surface area contributed by atoms with Gasteiger partial charge in [0, 0.05) is 43.1 Å². The Morgan fingerprint density at radius 1 is 1.14 bits per heavy atom. The van der Waals surface area contributed by atoms with Crippen LogP contribution in [0.5, 0.6) is 0 Å². The number of aromatic nitrogens is 2. The molecule has 2 fully saturated rings. The molecule has 9 nitrogen and oxygen atoms in total. The number of rotatable bonds is 7. The highest BCUT2D eigenvalue weighted by Gasteiger charge is 2.33. The van der Waals surface area contributed by atoms with Gasteiger partial charge < -0.3 is 15.5 Å². The number of nitro groups is 1. The highest BCUT2D eigenvalue weighted by molar-refractivity contribution is 7.64. The van der Waals surface area contributed by atoms with Crippen LogP contribution < -0.4 is 20.8 Å². The molecular weight excluding hydrogens is 497 g/mol. The molecule has 0 saturated carbocycles. The number of halogens is 1. The zero-order valence-electron chi connectivity index (χ0n) is 20.3. The quantitative estimate of drug-likeness (QED) is 0.247. The average molecular weight is 526 g/mol. The number of nitro benzene ring substituents is 1. The zero-order valence-corrected chi connectivity index (χ0v) is 22.0. The molecule has 1 aromatic heterocycles. The lowest BCUT2D eigenvalue weighted by molar-refractivity contribution is -0.384. The van der Waals surface area contributed by atoms with Gasteiger partial charge in [0.1, 0.15) is 10.7 Å². The summed E-state index contributed by atoms with van der Waals surface area (Å²) in [6.07, 6.45) is 3.87. The van der Waals surface area contributed by atoms with Crippen molar-refractivity contribution in [1.82, 2.24) is 14.9 Å². The SMILES string of the molecule is CP(C)c1ccccc1Nc1nc(Nc2ccc(N3CCN4CCC[C@H]4C3)c([N+](=O)[O-])c2)ncc1Cl. The zero-order chi connectivity index (χ0) is 25.2. The molecule has 2 aliphatic rings. The molecule has 0 radical (unpaired) electrons. The van der Waals surface area contributed by atoms with Crippen LogP contribution in [0.15, 0.2) is 48.7 Å². The topological polar surface area (TPSA) is 99.5 Å². The Kier molecular flexibility index (Phi) is 7.23. The number of hydrogen-bond donors (Lipinski definition) is 2. The number of nitrogens with zero attached hydrogens (tertiary/aromatic N) is 5. The summed E-state index contributed by atoms with van der Waals surface area (Å²) in [5.74, 6) is 0.773. The number of piperazine rings is 1. The summed E-state index contributed by atoms with van der Waals surface area (Å²) in [7, 11) is -0.327. The molecule has 5 rings (SSSR count). The van der Waals surface area contributed by atoms with E-state index in [0.717, 1.165) is 38.3 Å². The Labute approximate surface area is 216 Å². The highest BCUT2D eigenvalue weighted by atomic mass is 35.5. The molecule has 1 atom stereocenters. The molecule has 2 aromatic carbocycles. The van der Waals surface area contributed by atoms with Crippen molar-refractivity contribution in [2.24, 2.45) is 0 Å². The minimum absolute atomic E-state index is 0.0759. The molecule has 188 valence electrons. The fourth-order valence-electron chi connectivity index (χ4n) is 4.97. The Morgan fingerprint density at radius 2 is 1.97 bits per heavy atom. The van der Waals surface area contributed by atoms with Crippen molar-refractivity contribution in [2.45, 2.75) is 18.9 Å². The lowest BCUT2D eigenvalue weighted by Crippen LogP contribution is -2.50. The highest BCUT2D eigenvalue weighted by Crippen LogP contribution is 2.35. The molecule has 0 spiro atoms. The first kappa shape index (κ1) is 24.7. The van der Waals surface area contributed by atoms with E-state index in [0.29, 0.717) is 34.2 Å². The Hall–Kier alpha value is -3.00. The lowest BCUT2D eigenvalue weighted by atomic mass is 10.1. The lowest BCUT2D eigenvalue weighted by Gasteiger charge is -2.38. The third-order valence-corrected chi connectivity index (χ3v) is 8.37. The van der Waals surface area contributed by atoms with E-state index in [9.17, 15) is 10.1 Å². The van der Waals surface area contributed by atoms with Gasteiger partial charge >= 0.3 is 0 Å². The smallest absolute Gasteiger partial charge is 0.294 e. The van der Waals surface area contributed by atoms with Gasteiger partial charge in [-0.3, -0.25) is 15.0 Å². The monoisotopic (exact) mass is 525 g/mol. The molecule has 0 amide bonds. The van der Waals surface area contributed by atoms with Crippen molar-refractivity contribution in [3.05, 3.63) is 63.8 Å². The molecule has 0 aliphatic carbocycles. The second-order valence-corrected chi connectivity index (χ2v) is 12.0. The second-order valence-electron chi connectivity index (χ2n) is 9.29. The standard InChI is InChI=1S/C25H29ClN7O2P/c1-36(2)23-8-4-3-7-20(23)29-24-19(26)15-27-25(30-24)28-17-9-10-21(22(14-17)33(34)35)32-13-12-31-11-5-6-18(31)16-32/h3-4,7-10,14-15,18H,5-6,11-13,16H2,1-2H3,(H2,27,28,29,30)/t18-/m0/s1. The van der Waals surface area contributed by atoms with Crippen molar-refractivity contribution < 1.29 is 4.92 Å². The maximum Gasteiger partial charge on any atom is 0.294 e. The van der Waals surface area contributed by atoms with Crippen LogP contribution in [-0.2, 0) is 0 Å². The van der Waals surface area contributed by atoms with Crippen molar-refractivity contribution >= 4 is 59.3 Å². The van der Waals surface area contributed by atoms with E-state index < -0.39 is 0 Å². The van der Waals surface area contributed by atoms with Crippen molar-refractivity contribution in [3.8, 4) is 0 Å². The van der Waals surface area contributed by atoms with Gasteiger partial charge in [-0.05, 0) is 56.2 Å². The minimum Gasteiger partial charge on any atom is -0.363 e. The number of nitrogens with one attached hydrogen (secondary N) is 2. The fraction of sp³-hybridized carbons (Fsp3) is 0.360. The first-order valence-corrected chi connectivity index (χ1v) is 14.6.